The molecule has 0 bridgehead atoms. The van der Waals surface area contributed by atoms with Crippen LogP contribution >= 0.6 is 11.3 Å². The topological polar surface area (TPSA) is 77.8 Å². The van der Waals surface area contributed by atoms with Crippen molar-refractivity contribution in [2.45, 2.75) is 70.4 Å². The first kappa shape index (κ1) is 23.5. The average Bonchev–Trinajstić information content (AvgIpc) is 3.38. The van der Waals surface area contributed by atoms with E-state index < -0.39 is 5.97 Å². The Morgan fingerprint density at radius 2 is 1.94 bits per heavy atom. The number of aromatic carboxylic acids is 1. The van der Waals surface area contributed by atoms with Crippen molar-refractivity contribution in [1.82, 2.24) is 4.90 Å². The fourth-order valence-electron chi connectivity index (χ4n) is 4.33. The predicted molar refractivity (Wildman–Crippen MR) is 124 cm³/mol. The lowest BCUT2D eigenvalue weighted by Crippen LogP contribution is -2.35. The Morgan fingerprint density at radius 1 is 1.16 bits per heavy atom. The summed E-state index contributed by atoms with van der Waals surface area (Å²) in [6.07, 6.45) is 6.21. The van der Waals surface area contributed by atoms with E-state index in [9.17, 15) is 14.7 Å². The van der Waals surface area contributed by atoms with Crippen molar-refractivity contribution in [3.05, 3.63) is 57.8 Å². The summed E-state index contributed by atoms with van der Waals surface area (Å²) >= 11 is 1.31. The molecule has 0 radical (unpaired) electrons. The number of hydrogen-bond acceptors (Lipinski definition) is 4. The minimum atomic E-state index is -0.886. The van der Waals surface area contributed by atoms with E-state index in [1.165, 1.54) is 16.9 Å². The van der Waals surface area contributed by atoms with Gasteiger partial charge in [-0.05, 0) is 68.6 Å². The van der Waals surface area contributed by atoms with Crippen LogP contribution in [0.2, 0.25) is 0 Å². The van der Waals surface area contributed by atoms with Gasteiger partial charge in [-0.25, -0.2) is 4.79 Å². The van der Waals surface area contributed by atoms with Gasteiger partial charge in [0, 0.05) is 23.9 Å². The molecule has 1 saturated heterocycles. The summed E-state index contributed by atoms with van der Waals surface area (Å²) in [5.74, 6) is -0.454. The van der Waals surface area contributed by atoms with Crippen LogP contribution in [0.3, 0.4) is 0 Å². The number of carboxylic acids is 1. The molecular formula is C25H33NO4S. The molecule has 1 fully saturated rings. The molecule has 5 nitrogen and oxygen atoms in total. The number of carboxylic acid groups (broad SMARTS) is 1. The lowest BCUT2D eigenvalue weighted by atomic mass is 9.92. The molecule has 1 aliphatic heterocycles. The number of carbonyl (C=O) groups excluding carboxylic acids is 1. The number of aliphatic hydroxyl groups is 1. The number of likely N-dealkylation sites (tertiary alicyclic amines) is 1. The quantitative estimate of drug-likeness (QED) is 0.495. The van der Waals surface area contributed by atoms with Crippen molar-refractivity contribution in [3.8, 4) is 0 Å². The van der Waals surface area contributed by atoms with Gasteiger partial charge in [0.25, 0.3) is 0 Å². The zero-order chi connectivity index (χ0) is 22.2. The SMILES string of the molecule is C[C@@H](CCc1ccccc1)[C@H](O)CCC1CCC(=O)N1CCCc1ccc(C(=O)O)s1. The lowest BCUT2D eigenvalue weighted by molar-refractivity contribution is -0.129. The van der Waals surface area contributed by atoms with Crippen LogP contribution in [0, 0.1) is 5.92 Å². The second-order valence-corrected chi connectivity index (χ2v) is 9.77. The first-order valence-corrected chi connectivity index (χ1v) is 12.1. The number of carbonyl (C=O) groups is 2. The van der Waals surface area contributed by atoms with Gasteiger partial charge in [-0.2, -0.15) is 0 Å². The first-order valence-electron chi connectivity index (χ1n) is 11.3. The molecule has 0 saturated carbocycles. The van der Waals surface area contributed by atoms with Gasteiger partial charge in [0.2, 0.25) is 5.91 Å². The minimum absolute atomic E-state index is 0.203. The Balaban J connectivity index is 1.40. The third-order valence-electron chi connectivity index (χ3n) is 6.33. The van der Waals surface area contributed by atoms with E-state index in [0.717, 1.165) is 49.8 Å². The summed E-state index contributed by atoms with van der Waals surface area (Å²) in [6, 6.07) is 14.1. The molecule has 3 atom stereocenters. The highest BCUT2D eigenvalue weighted by Crippen LogP contribution is 2.26. The summed E-state index contributed by atoms with van der Waals surface area (Å²) in [6.45, 7) is 2.81. The molecule has 31 heavy (non-hydrogen) atoms. The van der Waals surface area contributed by atoms with Crippen molar-refractivity contribution >= 4 is 23.2 Å². The van der Waals surface area contributed by atoms with E-state index in [0.29, 0.717) is 17.8 Å². The maximum atomic E-state index is 12.3. The van der Waals surface area contributed by atoms with Gasteiger partial charge < -0.3 is 15.1 Å². The number of amides is 1. The van der Waals surface area contributed by atoms with Crippen LogP contribution in [0.5, 0.6) is 0 Å². The monoisotopic (exact) mass is 443 g/mol. The fraction of sp³-hybridized carbons (Fsp3) is 0.520. The van der Waals surface area contributed by atoms with E-state index in [1.54, 1.807) is 6.07 Å². The standard InChI is InChI=1S/C25H33NO4S/c1-18(9-10-19-6-3-2-4-7-19)22(27)14-11-20-12-16-24(28)26(20)17-5-8-21-13-15-23(31-21)25(29)30/h2-4,6-7,13,15,18,20,22,27H,5,8-12,14,16-17H2,1H3,(H,29,30)/t18-,20?,22+/m0/s1. The highest BCUT2D eigenvalue weighted by Gasteiger charge is 2.31. The zero-order valence-electron chi connectivity index (χ0n) is 18.2. The molecule has 6 heteroatoms. The molecule has 1 aromatic carbocycles. The van der Waals surface area contributed by atoms with Crippen molar-refractivity contribution in [3.63, 3.8) is 0 Å². The number of aryl methyl sites for hydroxylation is 2. The van der Waals surface area contributed by atoms with Gasteiger partial charge in [-0.15, -0.1) is 11.3 Å². The van der Waals surface area contributed by atoms with Gasteiger partial charge in [0.1, 0.15) is 4.88 Å². The fourth-order valence-corrected chi connectivity index (χ4v) is 5.22. The zero-order valence-corrected chi connectivity index (χ0v) is 19.0. The molecule has 1 unspecified atom stereocenters. The highest BCUT2D eigenvalue weighted by atomic mass is 32.1. The summed E-state index contributed by atoms with van der Waals surface area (Å²) < 4.78 is 0. The van der Waals surface area contributed by atoms with E-state index in [4.69, 9.17) is 5.11 Å². The van der Waals surface area contributed by atoms with Crippen LogP contribution in [0.4, 0.5) is 0 Å². The molecule has 1 aromatic heterocycles. The van der Waals surface area contributed by atoms with Crippen LogP contribution in [0.25, 0.3) is 0 Å². The smallest absolute Gasteiger partial charge is 0.345 e. The molecule has 2 N–H and O–H groups in total. The molecule has 2 heterocycles. The number of rotatable bonds is 12. The van der Waals surface area contributed by atoms with E-state index in [2.05, 4.69) is 19.1 Å². The Hall–Kier alpha value is -2.18. The van der Waals surface area contributed by atoms with Crippen LogP contribution in [-0.2, 0) is 17.6 Å². The summed E-state index contributed by atoms with van der Waals surface area (Å²) in [5, 5.41) is 19.7. The summed E-state index contributed by atoms with van der Waals surface area (Å²) in [5.41, 5.74) is 1.30. The highest BCUT2D eigenvalue weighted by molar-refractivity contribution is 7.13. The van der Waals surface area contributed by atoms with Crippen molar-refractivity contribution in [1.29, 1.82) is 0 Å². The molecule has 0 aliphatic carbocycles. The normalized spacial score (nSPS) is 18.3. The Morgan fingerprint density at radius 3 is 2.65 bits per heavy atom. The third kappa shape index (κ3) is 6.91. The van der Waals surface area contributed by atoms with Gasteiger partial charge in [-0.1, -0.05) is 37.3 Å². The maximum Gasteiger partial charge on any atom is 0.345 e. The molecule has 3 rings (SSSR count). The van der Waals surface area contributed by atoms with Gasteiger partial charge in [0.15, 0.2) is 0 Å². The number of thiophene rings is 1. The molecular weight excluding hydrogens is 410 g/mol. The third-order valence-corrected chi connectivity index (χ3v) is 7.46. The Kier molecular flexibility index (Phi) is 8.67. The molecule has 1 aliphatic rings. The first-order chi connectivity index (χ1) is 14.9. The number of hydrogen-bond donors (Lipinski definition) is 2. The Bertz CT molecular complexity index is 850. The Labute approximate surface area is 188 Å². The van der Waals surface area contributed by atoms with E-state index >= 15 is 0 Å². The maximum absolute atomic E-state index is 12.3. The van der Waals surface area contributed by atoms with Crippen molar-refractivity contribution in [2.75, 3.05) is 6.54 Å². The average molecular weight is 444 g/mol. The predicted octanol–water partition coefficient (Wildman–Crippen LogP) is 4.78. The van der Waals surface area contributed by atoms with Crippen LogP contribution in [0.15, 0.2) is 42.5 Å². The van der Waals surface area contributed by atoms with Crippen molar-refractivity contribution < 1.29 is 19.8 Å². The van der Waals surface area contributed by atoms with E-state index in [-0.39, 0.29) is 24.0 Å². The molecule has 168 valence electrons. The van der Waals surface area contributed by atoms with Crippen LogP contribution in [0.1, 0.15) is 65.6 Å². The largest absolute Gasteiger partial charge is 0.477 e. The molecule has 1 amide bonds. The molecule has 2 aromatic rings. The minimum Gasteiger partial charge on any atom is -0.477 e. The van der Waals surface area contributed by atoms with Gasteiger partial charge in [0.05, 0.1) is 6.10 Å². The van der Waals surface area contributed by atoms with Crippen LogP contribution in [-0.4, -0.2) is 45.7 Å². The number of aliphatic hydroxyl groups excluding tert-OH is 1. The summed E-state index contributed by atoms with van der Waals surface area (Å²) in [7, 11) is 0. The summed E-state index contributed by atoms with van der Waals surface area (Å²) in [4.78, 5) is 26.7. The molecule has 0 spiro atoms. The van der Waals surface area contributed by atoms with Crippen molar-refractivity contribution in [2.24, 2.45) is 5.92 Å². The second kappa shape index (κ2) is 11.4. The lowest BCUT2D eigenvalue weighted by Gasteiger charge is -2.27. The van der Waals surface area contributed by atoms with Gasteiger partial charge in [-0.3, -0.25) is 4.79 Å². The number of benzene rings is 1. The second-order valence-electron chi connectivity index (χ2n) is 8.60. The number of nitrogens with zero attached hydrogens (tertiary/aromatic N) is 1. The van der Waals surface area contributed by atoms with Gasteiger partial charge >= 0.3 is 5.97 Å². The van der Waals surface area contributed by atoms with E-state index in [1.807, 2.05) is 29.2 Å². The van der Waals surface area contributed by atoms with Crippen LogP contribution < -0.4 is 0 Å².